The molecule has 4 heteroatoms. The van der Waals surface area contributed by atoms with Crippen LogP contribution >= 0.6 is 0 Å². The van der Waals surface area contributed by atoms with Gasteiger partial charge in [0.05, 0.1) is 11.7 Å². The summed E-state index contributed by atoms with van der Waals surface area (Å²) in [6.07, 6.45) is 1.91. The van der Waals surface area contributed by atoms with E-state index in [1.54, 1.807) is 0 Å². The average molecular weight is 224 g/mol. The fourth-order valence-corrected chi connectivity index (χ4v) is 1.64. The number of benzene rings is 1. The molecular formula is C12H13FO3. The van der Waals surface area contributed by atoms with E-state index in [2.05, 4.69) is 0 Å². The summed E-state index contributed by atoms with van der Waals surface area (Å²) in [5.41, 5.74) is 0.234. The van der Waals surface area contributed by atoms with E-state index in [1.807, 2.05) is 0 Å². The van der Waals surface area contributed by atoms with E-state index < -0.39 is 11.8 Å². The number of rotatable bonds is 3. The maximum Gasteiger partial charge on any atom is 0.338 e. The Kier molecular flexibility index (Phi) is 3.51. The largest absolute Gasteiger partial charge is 0.459 e. The Bertz CT molecular complexity index is 372. The van der Waals surface area contributed by atoms with Gasteiger partial charge in [0.1, 0.15) is 12.4 Å². The van der Waals surface area contributed by atoms with Crippen molar-refractivity contribution in [2.24, 2.45) is 0 Å². The summed E-state index contributed by atoms with van der Waals surface area (Å²) in [4.78, 5) is 11.5. The maximum absolute atomic E-state index is 12.8. The van der Waals surface area contributed by atoms with Gasteiger partial charge in [0.15, 0.2) is 0 Å². The van der Waals surface area contributed by atoms with Gasteiger partial charge in [-0.25, -0.2) is 9.18 Å². The van der Waals surface area contributed by atoms with Crippen LogP contribution in [0.3, 0.4) is 0 Å². The fraction of sp³-hybridized carbons (Fsp3) is 0.417. The molecule has 0 amide bonds. The molecule has 0 radical (unpaired) electrons. The molecule has 0 aromatic heterocycles. The van der Waals surface area contributed by atoms with Crippen LogP contribution in [0.4, 0.5) is 4.39 Å². The van der Waals surface area contributed by atoms with Gasteiger partial charge in [-0.05, 0) is 31.0 Å². The molecule has 1 aliphatic rings. The third-order valence-electron chi connectivity index (χ3n) is 2.48. The van der Waals surface area contributed by atoms with Crippen molar-refractivity contribution in [3.8, 4) is 0 Å². The highest BCUT2D eigenvalue weighted by molar-refractivity contribution is 5.89. The molecule has 3 nitrogen and oxygen atoms in total. The maximum atomic E-state index is 12.8. The second-order valence-corrected chi connectivity index (χ2v) is 3.74. The zero-order valence-corrected chi connectivity index (χ0v) is 8.82. The SMILES string of the molecule is O=C(OCC1CCCO1)c1cccc(F)c1. The third kappa shape index (κ3) is 2.79. The summed E-state index contributed by atoms with van der Waals surface area (Å²) in [5, 5.41) is 0. The normalized spacial score (nSPS) is 19.7. The van der Waals surface area contributed by atoms with E-state index in [0.29, 0.717) is 0 Å². The lowest BCUT2D eigenvalue weighted by atomic mass is 10.2. The Hall–Kier alpha value is -1.42. The van der Waals surface area contributed by atoms with Crippen molar-refractivity contribution in [2.75, 3.05) is 13.2 Å². The summed E-state index contributed by atoms with van der Waals surface area (Å²) in [6.45, 7) is 0.970. The quantitative estimate of drug-likeness (QED) is 0.738. The Labute approximate surface area is 93.2 Å². The summed E-state index contributed by atoms with van der Waals surface area (Å²) >= 11 is 0. The standard InChI is InChI=1S/C12H13FO3/c13-10-4-1-3-9(7-10)12(14)16-8-11-5-2-6-15-11/h1,3-4,7,11H,2,5-6,8H2. The monoisotopic (exact) mass is 224 g/mol. The first-order valence-corrected chi connectivity index (χ1v) is 5.30. The molecule has 1 unspecified atom stereocenters. The molecule has 2 rings (SSSR count). The third-order valence-corrected chi connectivity index (χ3v) is 2.48. The number of carbonyl (C=O) groups is 1. The van der Waals surface area contributed by atoms with Gasteiger partial charge in [-0.2, -0.15) is 0 Å². The zero-order chi connectivity index (χ0) is 11.4. The highest BCUT2D eigenvalue weighted by Gasteiger charge is 2.18. The molecule has 0 saturated carbocycles. The van der Waals surface area contributed by atoms with Crippen molar-refractivity contribution in [2.45, 2.75) is 18.9 Å². The van der Waals surface area contributed by atoms with Crippen LogP contribution in [0.25, 0.3) is 0 Å². The van der Waals surface area contributed by atoms with Crippen molar-refractivity contribution >= 4 is 5.97 Å². The van der Waals surface area contributed by atoms with Crippen molar-refractivity contribution in [1.29, 1.82) is 0 Å². The molecule has 0 bridgehead atoms. The van der Waals surface area contributed by atoms with Gasteiger partial charge in [0.2, 0.25) is 0 Å². The first-order valence-electron chi connectivity index (χ1n) is 5.30. The molecule has 1 aromatic carbocycles. The van der Waals surface area contributed by atoms with E-state index in [0.717, 1.165) is 25.5 Å². The number of esters is 1. The lowest BCUT2D eigenvalue weighted by molar-refractivity contribution is 0.0161. The van der Waals surface area contributed by atoms with Crippen LogP contribution < -0.4 is 0 Å². The minimum Gasteiger partial charge on any atom is -0.459 e. The van der Waals surface area contributed by atoms with Crippen molar-refractivity contribution in [1.82, 2.24) is 0 Å². The zero-order valence-electron chi connectivity index (χ0n) is 8.82. The first kappa shape index (κ1) is 11.1. The Morgan fingerprint density at radius 2 is 2.44 bits per heavy atom. The molecule has 1 aliphatic heterocycles. The van der Waals surface area contributed by atoms with Crippen LogP contribution in [0, 0.1) is 5.82 Å². The van der Waals surface area contributed by atoms with Gasteiger partial charge in [-0.3, -0.25) is 0 Å². The molecule has 0 aliphatic carbocycles. The van der Waals surface area contributed by atoms with Gasteiger partial charge in [0.25, 0.3) is 0 Å². The summed E-state index contributed by atoms with van der Waals surface area (Å²) < 4.78 is 23.2. The lowest BCUT2D eigenvalue weighted by Gasteiger charge is -2.09. The highest BCUT2D eigenvalue weighted by atomic mass is 19.1. The Morgan fingerprint density at radius 3 is 3.12 bits per heavy atom. The number of hydrogen-bond acceptors (Lipinski definition) is 3. The molecule has 16 heavy (non-hydrogen) atoms. The van der Waals surface area contributed by atoms with E-state index in [4.69, 9.17) is 9.47 Å². The molecule has 0 spiro atoms. The summed E-state index contributed by atoms with van der Waals surface area (Å²) in [5.74, 6) is -0.943. The van der Waals surface area contributed by atoms with Crippen LogP contribution in [0.1, 0.15) is 23.2 Å². The second kappa shape index (κ2) is 5.07. The van der Waals surface area contributed by atoms with Crippen molar-refractivity contribution < 1.29 is 18.7 Å². The summed E-state index contributed by atoms with van der Waals surface area (Å²) in [7, 11) is 0. The van der Waals surface area contributed by atoms with Gasteiger partial charge >= 0.3 is 5.97 Å². The van der Waals surface area contributed by atoms with E-state index in [9.17, 15) is 9.18 Å². The molecule has 1 fully saturated rings. The molecule has 1 atom stereocenters. The van der Waals surface area contributed by atoms with Crippen molar-refractivity contribution in [3.05, 3.63) is 35.6 Å². The average Bonchev–Trinajstić information content (AvgIpc) is 2.78. The fourth-order valence-electron chi connectivity index (χ4n) is 1.64. The van der Waals surface area contributed by atoms with E-state index in [1.165, 1.54) is 18.2 Å². The molecule has 1 heterocycles. The van der Waals surface area contributed by atoms with Gasteiger partial charge in [-0.15, -0.1) is 0 Å². The minimum atomic E-state index is -0.505. The first-order chi connectivity index (χ1) is 7.75. The molecule has 1 saturated heterocycles. The summed E-state index contributed by atoms with van der Waals surface area (Å²) in [6, 6.07) is 5.47. The van der Waals surface area contributed by atoms with Crippen LogP contribution in [0.15, 0.2) is 24.3 Å². The number of hydrogen-bond donors (Lipinski definition) is 0. The number of halogens is 1. The molecule has 1 aromatic rings. The topological polar surface area (TPSA) is 35.5 Å². The van der Waals surface area contributed by atoms with Crippen LogP contribution in [0.5, 0.6) is 0 Å². The molecule has 0 N–H and O–H groups in total. The minimum absolute atomic E-state index is 0.00231. The Morgan fingerprint density at radius 1 is 1.56 bits per heavy atom. The van der Waals surface area contributed by atoms with Crippen LogP contribution in [0.2, 0.25) is 0 Å². The van der Waals surface area contributed by atoms with Crippen LogP contribution in [-0.2, 0) is 9.47 Å². The van der Waals surface area contributed by atoms with Crippen LogP contribution in [-0.4, -0.2) is 25.3 Å². The predicted molar refractivity (Wildman–Crippen MR) is 55.7 cm³/mol. The molecular weight excluding hydrogens is 211 g/mol. The van der Waals surface area contributed by atoms with Gasteiger partial charge in [0, 0.05) is 6.61 Å². The smallest absolute Gasteiger partial charge is 0.338 e. The molecule has 86 valence electrons. The van der Waals surface area contributed by atoms with E-state index >= 15 is 0 Å². The number of carbonyl (C=O) groups excluding carboxylic acids is 1. The number of ether oxygens (including phenoxy) is 2. The van der Waals surface area contributed by atoms with E-state index in [-0.39, 0.29) is 18.3 Å². The Balaban J connectivity index is 1.87. The van der Waals surface area contributed by atoms with Gasteiger partial charge < -0.3 is 9.47 Å². The lowest BCUT2D eigenvalue weighted by Crippen LogP contribution is -2.17. The van der Waals surface area contributed by atoms with Crippen molar-refractivity contribution in [3.63, 3.8) is 0 Å². The second-order valence-electron chi connectivity index (χ2n) is 3.74. The van der Waals surface area contributed by atoms with Gasteiger partial charge in [-0.1, -0.05) is 6.07 Å². The predicted octanol–water partition coefficient (Wildman–Crippen LogP) is 2.16. The highest BCUT2D eigenvalue weighted by Crippen LogP contribution is 2.13.